The molecule has 3 aliphatic rings. The molecule has 2 aliphatic carbocycles. The van der Waals surface area contributed by atoms with Crippen LogP contribution in [0, 0.1) is 17.8 Å². The fourth-order valence-corrected chi connectivity index (χ4v) is 5.40. The molecule has 10 heteroatoms. The van der Waals surface area contributed by atoms with Crippen molar-refractivity contribution >= 4 is 29.5 Å². The normalized spacial score (nSPS) is 27.8. The number of halogens is 4. The molecule has 1 aliphatic heterocycles. The molecule has 3 rings (SSSR count). The van der Waals surface area contributed by atoms with Gasteiger partial charge >= 0.3 is 18.2 Å². The number of β-lactam (4-membered cyclic amide) rings is 1. The summed E-state index contributed by atoms with van der Waals surface area (Å²) in [7, 11) is 0. The Morgan fingerprint density at radius 1 is 1.15 bits per heavy atom. The Morgan fingerprint density at radius 3 is 2.36 bits per heavy atom. The predicted molar refractivity (Wildman–Crippen MR) is 116 cm³/mol. The molecule has 3 amide bonds. The number of allylic oxidation sites excluding steroid dienone is 4. The van der Waals surface area contributed by atoms with Gasteiger partial charge in [0, 0.05) is 5.03 Å². The fourth-order valence-electron chi connectivity index (χ4n) is 5.13. The smallest absolute Gasteiger partial charge is 0.408 e. The number of hydrogen-bond acceptors (Lipinski definition) is 3. The van der Waals surface area contributed by atoms with E-state index >= 15 is 0 Å². The van der Waals surface area contributed by atoms with E-state index in [1.54, 1.807) is 12.2 Å². The average Bonchev–Trinajstić information content (AvgIpc) is 2.69. The van der Waals surface area contributed by atoms with E-state index in [1.165, 1.54) is 0 Å². The highest BCUT2D eigenvalue weighted by atomic mass is 35.5. The molecule has 0 bridgehead atoms. The van der Waals surface area contributed by atoms with Crippen molar-refractivity contribution < 1.29 is 32.7 Å². The Labute approximate surface area is 196 Å². The summed E-state index contributed by atoms with van der Waals surface area (Å²) >= 11 is 6.01. The lowest BCUT2D eigenvalue weighted by Crippen LogP contribution is -2.69. The molecular weight excluding hydrogens is 461 g/mol. The van der Waals surface area contributed by atoms with Crippen molar-refractivity contribution in [1.29, 1.82) is 0 Å². The molecule has 1 saturated carbocycles. The zero-order valence-corrected chi connectivity index (χ0v) is 19.1. The van der Waals surface area contributed by atoms with Crippen LogP contribution in [0.1, 0.15) is 64.2 Å². The van der Waals surface area contributed by atoms with E-state index < -0.39 is 48.0 Å². The van der Waals surface area contributed by atoms with Crippen LogP contribution in [0.3, 0.4) is 0 Å². The van der Waals surface area contributed by atoms with Crippen LogP contribution in [0.15, 0.2) is 23.3 Å². The molecule has 4 atom stereocenters. The standard InChI is InChI=1S/C23H30ClF3N2O4/c24-16-10-6-7-14(13-16)11-12-17-18(21(31)32)29(20(17)30)22(33)28-19(23(25,26)27)15-8-4-2-1-3-5-9-15/h6-7,10,14-15,17-19H,1-5,8-9,11-13H2,(H,28,33)(H,31,32)/t14?,17-,18?,19?/m1/s1. The van der Waals surface area contributed by atoms with Crippen molar-refractivity contribution in [3.8, 4) is 0 Å². The highest BCUT2D eigenvalue weighted by molar-refractivity contribution is 6.29. The molecule has 2 fully saturated rings. The van der Waals surface area contributed by atoms with Gasteiger partial charge in [-0.15, -0.1) is 0 Å². The fraction of sp³-hybridized carbons (Fsp3) is 0.696. The van der Waals surface area contributed by atoms with Crippen LogP contribution >= 0.6 is 11.6 Å². The number of amides is 3. The van der Waals surface area contributed by atoms with Gasteiger partial charge in [-0.25, -0.2) is 14.5 Å². The molecule has 0 aromatic carbocycles. The van der Waals surface area contributed by atoms with Crippen LogP contribution in [0.5, 0.6) is 0 Å². The van der Waals surface area contributed by atoms with Crippen LogP contribution in [-0.4, -0.2) is 46.2 Å². The van der Waals surface area contributed by atoms with Crippen molar-refractivity contribution in [2.45, 2.75) is 82.5 Å². The number of imide groups is 1. The van der Waals surface area contributed by atoms with Crippen molar-refractivity contribution in [2.75, 3.05) is 0 Å². The lowest BCUT2D eigenvalue weighted by atomic mass is 9.80. The minimum atomic E-state index is -4.69. The van der Waals surface area contributed by atoms with E-state index in [0.29, 0.717) is 48.5 Å². The molecular formula is C23H30ClF3N2O4. The second-order valence-electron chi connectivity index (χ2n) is 9.21. The van der Waals surface area contributed by atoms with Crippen LogP contribution in [0.4, 0.5) is 18.0 Å². The molecule has 1 saturated heterocycles. The van der Waals surface area contributed by atoms with E-state index in [4.69, 9.17) is 11.6 Å². The number of carbonyl (C=O) groups is 3. The molecule has 2 N–H and O–H groups in total. The summed E-state index contributed by atoms with van der Waals surface area (Å²) in [5.41, 5.74) is 0. The third-order valence-electron chi connectivity index (χ3n) is 6.90. The summed E-state index contributed by atoms with van der Waals surface area (Å²) in [4.78, 5) is 37.5. The van der Waals surface area contributed by atoms with Gasteiger partial charge in [-0.1, -0.05) is 55.9 Å². The molecule has 3 unspecified atom stereocenters. The third kappa shape index (κ3) is 6.31. The Bertz CT molecular complexity index is 806. The Kier molecular flexibility index (Phi) is 8.48. The second-order valence-corrected chi connectivity index (χ2v) is 9.70. The molecule has 33 heavy (non-hydrogen) atoms. The molecule has 0 spiro atoms. The minimum absolute atomic E-state index is 0.0431. The van der Waals surface area contributed by atoms with Crippen LogP contribution in [0.25, 0.3) is 0 Å². The number of rotatable bonds is 6. The lowest BCUT2D eigenvalue weighted by Gasteiger charge is -2.44. The van der Waals surface area contributed by atoms with Gasteiger partial charge in [0.05, 0.1) is 5.92 Å². The van der Waals surface area contributed by atoms with Crippen molar-refractivity contribution in [3.63, 3.8) is 0 Å². The number of carboxylic acids is 1. The summed E-state index contributed by atoms with van der Waals surface area (Å²) in [5.74, 6) is -3.85. The molecule has 0 aromatic rings. The first-order valence-corrected chi connectivity index (χ1v) is 11.9. The molecule has 0 aromatic heterocycles. The number of likely N-dealkylation sites (tertiary alicyclic amines) is 1. The summed E-state index contributed by atoms with van der Waals surface area (Å²) < 4.78 is 41.4. The highest BCUT2D eigenvalue weighted by Gasteiger charge is 2.56. The average molecular weight is 491 g/mol. The number of carboxylic acid groups (broad SMARTS) is 1. The Balaban J connectivity index is 1.65. The number of carbonyl (C=O) groups excluding carboxylic acids is 2. The maximum Gasteiger partial charge on any atom is 0.408 e. The number of alkyl halides is 3. The maximum absolute atomic E-state index is 13.8. The van der Waals surface area contributed by atoms with Gasteiger partial charge in [0.15, 0.2) is 6.04 Å². The molecule has 1 heterocycles. The van der Waals surface area contributed by atoms with Crippen LogP contribution < -0.4 is 5.32 Å². The van der Waals surface area contributed by atoms with Crippen molar-refractivity contribution in [2.24, 2.45) is 17.8 Å². The zero-order chi connectivity index (χ0) is 24.2. The number of hydrogen-bond donors (Lipinski definition) is 2. The minimum Gasteiger partial charge on any atom is -0.480 e. The first-order valence-electron chi connectivity index (χ1n) is 11.6. The van der Waals surface area contributed by atoms with E-state index in [-0.39, 0.29) is 12.3 Å². The SMILES string of the molecule is O=C(O)C1[C@@H](CCC2C=CC=C(Cl)C2)C(=O)N1C(=O)NC(C1CCCCCCC1)C(F)(F)F. The van der Waals surface area contributed by atoms with E-state index in [1.807, 2.05) is 11.4 Å². The first-order chi connectivity index (χ1) is 15.6. The largest absolute Gasteiger partial charge is 0.480 e. The van der Waals surface area contributed by atoms with Gasteiger partial charge in [-0.2, -0.15) is 13.2 Å². The second kappa shape index (κ2) is 10.9. The zero-order valence-electron chi connectivity index (χ0n) is 18.3. The molecule has 0 radical (unpaired) electrons. The molecule has 184 valence electrons. The van der Waals surface area contributed by atoms with Gasteiger partial charge < -0.3 is 10.4 Å². The van der Waals surface area contributed by atoms with Gasteiger partial charge in [0.25, 0.3) is 0 Å². The Hall–Kier alpha value is -2.03. The van der Waals surface area contributed by atoms with E-state index in [9.17, 15) is 32.7 Å². The summed E-state index contributed by atoms with van der Waals surface area (Å²) in [6, 6.07) is -4.86. The van der Waals surface area contributed by atoms with Gasteiger partial charge in [-0.3, -0.25) is 4.79 Å². The first kappa shape index (κ1) is 25.6. The van der Waals surface area contributed by atoms with Crippen LogP contribution in [0.2, 0.25) is 0 Å². The van der Waals surface area contributed by atoms with Crippen molar-refractivity contribution in [1.82, 2.24) is 10.2 Å². The van der Waals surface area contributed by atoms with Gasteiger partial charge in [0.1, 0.15) is 6.04 Å². The lowest BCUT2D eigenvalue weighted by molar-refractivity contribution is -0.172. The summed E-state index contributed by atoms with van der Waals surface area (Å²) in [5, 5.41) is 12.2. The number of urea groups is 1. The van der Waals surface area contributed by atoms with Crippen LogP contribution in [-0.2, 0) is 9.59 Å². The van der Waals surface area contributed by atoms with E-state index in [0.717, 1.165) is 19.3 Å². The summed E-state index contributed by atoms with van der Waals surface area (Å²) in [6.45, 7) is 0. The summed E-state index contributed by atoms with van der Waals surface area (Å²) in [6.07, 6.45) is 6.68. The number of nitrogens with one attached hydrogen (secondary N) is 1. The van der Waals surface area contributed by atoms with Gasteiger partial charge in [0.2, 0.25) is 5.91 Å². The maximum atomic E-state index is 13.8. The quantitative estimate of drug-likeness (QED) is 0.489. The van der Waals surface area contributed by atoms with E-state index in [2.05, 4.69) is 0 Å². The topological polar surface area (TPSA) is 86.7 Å². The molecule has 6 nitrogen and oxygen atoms in total. The van der Waals surface area contributed by atoms with Crippen molar-refractivity contribution in [3.05, 3.63) is 23.3 Å². The highest BCUT2D eigenvalue weighted by Crippen LogP contribution is 2.37. The number of aliphatic carboxylic acids is 1. The monoisotopic (exact) mass is 490 g/mol. The third-order valence-corrected chi connectivity index (χ3v) is 7.18. The Morgan fingerprint density at radius 2 is 1.79 bits per heavy atom. The number of nitrogens with zero attached hydrogens (tertiary/aromatic N) is 1. The predicted octanol–water partition coefficient (Wildman–Crippen LogP) is 5.38. The van der Waals surface area contributed by atoms with Gasteiger partial charge in [-0.05, 0) is 50.0 Å².